The monoisotopic (exact) mass is 508 g/mol. The molecule has 0 saturated heterocycles. The molecule has 0 aliphatic heterocycles. The van der Waals surface area contributed by atoms with Crippen molar-refractivity contribution in [3.05, 3.63) is 35.4 Å². The van der Waals surface area contributed by atoms with Crippen LogP contribution in [0.2, 0.25) is 0 Å². The van der Waals surface area contributed by atoms with Gasteiger partial charge in [0.05, 0.1) is 0 Å². The molecule has 2 fully saturated rings. The molecule has 2 aliphatic carbocycles. The van der Waals surface area contributed by atoms with Gasteiger partial charge >= 0.3 is 18.0 Å². The minimum atomic E-state index is -6.27. The van der Waals surface area contributed by atoms with Gasteiger partial charge in [0.15, 0.2) is 0 Å². The maximum Gasteiger partial charge on any atom is 0.459 e. The third kappa shape index (κ3) is 7.15. The van der Waals surface area contributed by atoms with Crippen LogP contribution in [0.4, 0.5) is 30.7 Å². The van der Waals surface area contributed by atoms with E-state index in [1.54, 1.807) is 12.1 Å². The van der Waals surface area contributed by atoms with Gasteiger partial charge in [0.25, 0.3) is 0 Å². The van der Waals surface area contributed by atoms with Crippen LogP contribution in [0, 0.1) is 17.8 Å². The maximum atomic E-state index is 13.6. The highest BCUT2D eigenvalue weighted by atomic mass is 19.4. The van der Waals surface area contributed by atoms with Crippen LogP contribution in [0.1, 0.15) is 107 Å². The van der Waals surface area contributed by atoms with Crippen molar-refractivity contribution in [2.45, 2.75) is 121 Å². The Balaban J connectivity index is 1.43. The second kappa shape index (κ2) is 11.9. The summed E-state index contributed by atoms with van der Waals surface area (Å²) in [6.45, 7) is 2.25. The highest BCUT2D eigenvalue weighted by molar-refractivity contribution is 5.26. The SMILES string of the molecule is CCCCC[C@H]1CC[C@H](C2CCC(c3ccc(CCC(F)(F)C(F)(F)C(F)(F)F)cc3)CC2)CC1. The molecule has 2 saturated carbocycles. The molecule has 200 valence electrons. The number of hydrogen-bond donors (Lipinski definition) is 0. The van der Waals surface area contributed by atoms with Gasteiger partial charge in [-0.3, -0.25) is 0 Å². The van der Waals surface area contributed by atoms with Gasteiger partial charge in [-0.2, -0.15) is 30.7 Å². The molecule has 0 amide bonds. The maximum absolute atomic E-state index is 13.6. The van der Waals surface area contributed by atoms with Crippen molar-refractivity contribution in [2.24, 2.45) is 17.8 Å². The van der Waals surface area contributed by atoms with Crippen LogP contribution in [-0.2, 0) is 6.42 Å². The number of unbranched alkanes of at least 4 members (excludes halogenated alkanes) is 2. The van der Waals surface area contributed by atoms with Crippen LogP contribution in [0.15, 0.2) is 24.3 Å². The molecule has 35 heavy (non-hydrogen) atoms. The molecule has 0 radical (unpaired) electrons. The summed E-state index contributed by atoms with van der Waals surface area (Å²) in [5, 5.41) is 0. The van der Waals surface area contributed by atoms with Crippen molar-refractivity contribution in [1.82, 2.24) is 0 Å². The smallest absolute Gasteiger partial charge is 0.199 e. The van der Waals surface area contributed by atoms with E-state index in [0.29, 0.717) is 11.5 Å². The molecule has 0 aromatic heterocycles. The molecule has 0 atom stereocenters. The minimum Gasteiger partial charge on any atom is -0.199 e. The van der Waals surface area contributed by atoms with Crippen molar-refractivity contribution in [3.63, 3.8) is 0 Å². The number of rotatable bonds is 10. The van der Waals surface area contributed by atoms with Crippen LogP contribution < -0.4 is 0 Å². The summed E-state index contributed by atoms with van der Waals surface area (Å²) >= 11 is 0. The van der Waals surface area contributed by atoms with Gasteiger partial charge in [-0.25, -0.2) is 0 Å². The summed E-state index contributed by atoms with van der Waals surface area (Å²) in [4.78, 5) is 0. The highest BCUT2D eigenvalue weighted by Gasteiger charge is 2.72. The van der Waals surface area contributed by atoms with E-state index in [1.807, 2.05) is 12.1 Å². The van der Waals surface area contributed by atoms with Crippen LogP contribution in [0.5, 0.6) is 0 Å². The minimum absolute atomic E-state index is 0.343. The molecule has 0 unspecified atom stereocenters. The summed E-state index contributed by atoms with van der Waals surface area (Å²) in [6, 6.07) is 6.82. The summed E-state index contributed by atoms with van der Waals surface area (Å²) < 4.78 is 90.2. The number of hydrogen-bond acceptors (Lipinski definition) is 0. The van der Waals surface area contributed by atoms with Crippen LogP contribution in [-0.4, -0.2) is 18.0 Å². The highest BCUT2D eigenvalue weighted by Crippen LogP contribution is 2.48. The van der Waals surface area contributed by atoms with E-state index in [0.717, 1.165) is 36.2 Å². The van der Waals surface area contributed by atoms with Crippen molar-refractivity contribution >= 4 is 0 Å². The lowest BCUT2D eigenvalue weighted by molar-refractivity contribution is -0.355. The first-order valence-electron chi connectivity index (χ1n) is 13.4. The third-order valence-electron chi connectivity index (χ3n) is 8.54. The summed E-state index contributed by atoms with van der Waals surface area (Å²) in [5.74, 6) is -8.27. The Morgan fingerprint density at radius 3 is 1.77 bits per heavy atom. The van der Waals surface area contributed by atoms with Crippen molar-refractivity contribution in [2.75, 3.05) is 0 Å². The Labute approximate surface area is 205 Å². The lowest BCUT2D eigenvalue weighted by atomic mass is 9.68. The van der Waals surface area contributed by atoms with E-state index in [-0.39, 0.29) is 0 Å². The van der Waals surface area contributed by atoms with Crippen molar-refractivity contribution in [1.29, 1.82) is 0 Å². The Hall–Kier alpha value is -1.27. The summed E-state index contributed by atoms with van der Waals surface area (Å²) in [5.41, 5.74) is 1.44. The fourth-order valence-corrected chi connectivity index (χ4v) is 6.18. The standard InChI is InChI=1S/C28H39F7/c1-2-3-4-5-20-6-10-22(11-7-20)24-14-16-25(17-15-24)23-12-8-21(9-13-23)18-19-26(29,30)27(31,32)28(33,34)35/h8-9,12-13,20,22,24-25H,2-7,10-11,14-19H2,1H3/t20-,22-,24?,25?. The fraction of sp³-hybridized carbons (Fsp3) is 0.786. The number of halogens is 7. The number of benzene rings is 1. The molecule has 2 aliphatic rings. The second-order valence-corrected chi connectivity index (χ2v) is 10.9. The van der Waals surface area contributed by atoms with Crippen molar-refractivity contribution < 1.29 is 30.7 Å². The average molecular weight is 509 g/mol. The lowest BCUT2D eigenvalue weighted by Crippen LogP contribution is -2.52. The number of alkyl halides is 7. The molecule has 7 heteroatoms. The Morgan fingerprint density at radius 1 is 0.714 bits per heavy atom. The van der Waals surface area contributed by atoms with Crippen LogP contribution in [0.3, 0.4) is 0 Å². The van der Waals surface area contributed by atoms with E-state index in [4.69, 9.17) is 0 Å². The summed E-state index contributed by atoms with van der Waals surface area (Å²) in [7, 11) is 0. The van der Waals surface area contributed by atoms with Gasteiger partial charge in [0, 0.05) is 6.42 Å². The van der Waals surface area contributed by atoms with Gasteiger partial charge in [-0.1, -0.05) is 69.7 Å². The largest absolute Gasteiger partial charge is 0.459 e. The molecular weight excluding hydrogens is 469 g/mol. The molecule has 0 N–H and O–H groups in total. The predicted molar refractivity (Wildman–Crippen MR) is 125 cm³/mol. The van der Waals surface area contributed by atoms with Gasteiger partial charge < -0.3 is 0 Å². The molecule has 0 nitrogen and oxygen atoms in total. The zero-order chi connectivity index (χ0) is 25.7. The molecule has 3 rings (SSSR count). The zero-order valence-corrected chi connectivity index (χ0v) is 20.7. The summed E-state index contributed by atoms with van der Waals surface area (Å²) in [6.07, 6.45) is 6.96. The third-order valence-corrected chi connectivity index (χ3v) is 8.54. The van der Waals surface area contributed by atoms with E-state index in [2.05, 4.69) is 6.92 Å². The Bertz CT molecular complexity index is 753. The quantitative estimate of drug-likeness (QED) is 0.218. The predicted octanol–water partition coefficient (Wildman–Crippen LogP) is 10.1. The van der Waals surface area contributed by atoms with E-state index >= 15 is 0 Å². The molecule has 0 spiro atoms. The van der Waals surface area contributed by atoms with Gasteiger partial charge in [0.2, 0.25) is 0 Å². The van der Waals surface area contributed by atoms with E-state index < -0.39 is 30.9 Å². The van der Waals surface area contributed by atoms with Gasteiger partial charge in [-0.15, -0.1) is 0 Å². The van der Waals surface area contributed by atoms with E-state index in [1.165, 1.54) is 64.2 Å². The van der Waals surface area contributed by atoms with Crippen molar-refractivity contribution in [3.8, 4) is 0 Å². The lowest BCUT2D eigenvalue weighted by Gasteiger charge is -2.38. The fourth-order valence-electron chi connectivity index (χ4n) is 6.18. The topological polar surface area (TPSA) is 0 Å². The average Bonchev–Trinajstić information content (AvgIpc) is 2.83. The Morgan fingerprint density at radius 2 is 1.26 bits per heavy atom. The molecular formula is C28H39F7. The normalized spacial score (nSPS) is 26.6. The molecule has 1 aromatic carbocycles. The zero-order valence-electron chi connectivity index (χ0n) is 20.7. The molecule has 0 bridgehead atoms. The molecule has 1 aromatic rings. The first-order valence-corrected chi connectivity index (χ1v) is 13.4. The number of aryl methyl sites for hydroxylation is 1. The van der Waals surface area contributed by atoms with E-state index in [9.17, 15) is 30.7 Å². The first kappa shape index (κ1) is 28.3. The second-order valence-electron chi connectivity index (χ2n) is 10.9. The van der Waals surface area contributed by atoms with Crippen LogP contribution in [0.25, 0.3) is 0 Å². The van der Waals surface area contributed by atoms with Gasteiger partial charge in [0.1, 0.15) is 0 Å². The van der Waals surface area contributed by atoms with Crippen LogP contribution >= 0.6 is 0 Å². The first-order chi connectivity index (χ1) is 16.4. The van der Waals surface area contributed by atoms with Gasteiger partial charge in [-0.05, 0) is 79.7 Å². The molecule has 0 heterocycles. The Kier molecular flexibility index (Phi) is 9.58.